The van der Waals surface area contributed by atoms with Crippen molar-refractivity contribution in [2.45, 2.75) is 20.4 Å². The average molecular weight is 278 g/mol. The van der Waals surface area contributed by atoms with Crippen molar-refractivity contribution in [1.29, 1.82) is 0 Å². The highest BCUT2D eigenvalue weighted by Gasteiger charge is 2.06. The first-order valence-corrected chi connectivity index (χ1v) is 7.05. The van der Waals surface area contributed by atoms with Crippen LogP contribution in [0.4, 0.5) is 0 Å². The van der Waals surface area contributed by atoms with Crippen LogP contribution in [0.15, 0.2) is 33.2 Å². The number of hydrogen-bond acceptors (Lipinski definition) is 4. The molecule has 3 N–H and O–H groups in total. The Morgan fingerprint density at radius 1 is 1.58 bits per heavy atom. The van der Waals surface area contributed by atoms with Gasteiger partial charge in [0.1, 0.15) is 0 Å². The van der Waals surface area contributed by atoms with Gasteiger partial charge in [0.25, 0.3) is 0 Å². The maximum Gasteiger partial charge on any atom is 0.188 e. The van der Waals surface area contributed by atoms with Gasteiger partial charge in [-0.3, -0.25) is 0 Å². The number of nitrogens with one attached hydrogen (secondary N) is 1. The van der Waals surface area contributed by atoms with Crippen LogP contribution < -0.4 is 11.1 Å². The molecule has 0 spiro atoms. The molecule has 0 saturated heterocycles. The van der Waals surface area contributed by atoms with Gasteiger partial charge in [-0.25, -0.2) is 9.98 Å². The maximum atomic E-state index is 5.77. The Bertz CT molecular complexity index is 531. The van der Waals surface area contributed by atoms with Gasteiger partial charge in [0.05, 0.1) is 18.5 Å². The van der Waals surface area contributed by atoms with Crippen LogP contribution in [0.3, 0.4) is 0 Å². The number of aromatic nitrogens is 1. The molecule has 2 heterocycles. The normalized spacial score (nSPS) is 12.1. The van der Waals surface area contributed by atoms with Crippen LogP contribution in [0, 0.1) is 5.92 Å². The van der Waals surface area contributed by atoms with Gasteiger partial charge in [-0.1, -0.05) is 13.8 Å². The fraction of sp³-hybridized carbons (Fsp3) is 0.385. The summed E-state index contributed by atoms with van der Waals surface area (Å²) < 4.78 is 5.30. The van der Waals surface area contributed by atoms with Gasteiger partial charge in [-0.2, -0.15) is 0 Å². The number of thiazole rings is 1. The smallest absolute Gasteiger partial charge is 0.188 e. The van der Waals surface area contributed by atoms with Crippen LogP contribution in [-0.2, 0) is 6.54 Å². The van der Waals surface area contributed by atoms with Gasteiger partial charge in [-0.05, 0) is 18.1 Å². The standard InChI is InChI=1S/C13H18N4OS/c1-9(2)6-15-13(14)16-7-10-8-19-12(17-10)11-4-3-5-18-11/h3-5,8-9H,6-7H2,1-2H3,(H3,14,15,16). The molecular formula is C13H18N4OS. The van der Waals surface area contributed by atoms with E-state index in [1.54, 1.807) is 17.6 Å². The molecule has 0 fully saturated rings. The van der Waals surface area contributed by atoms with E-state index in [1.165, 1.54) is 0 Å². The fourth-order valence-electron chi connectivity index (χ4n) is 1.42. The summed E-state index contributed by atoms with van der Waals surface area (Å²) in [6, 6.07) is 3.74. The second-order valence-corrected chi connectivity index (χ2v) is 5.46. The van der Waals surface area contributed by atoms with Crippen LogP contribution >= 0.6 is 11.3 Å². The summed E-state index contributed by atoms with van der Waals surface area (Å²) in [5, 5.41) is 5.91. The SMILES string of the molecule is CC(C)CNC(N)=NCc1csc(-c2ccco2)n1. The van der Waals surface area contributed by atoms with Gasteiger partial charge >= 0.3 is 0 Å². The fourth-order valence-corrected chi connectivity index (χ4v) is 2.20. The molecule has 0 atom stereocenters. The lowest BCUT2D eigenvalue weighted by Gasteiger charge is -2.07. The molecule has 0 saturated carbocycles. The summed E-state index contributed by atoms with van der Waals surface area (Å²) in [4.78, 5) is 8.71. The van der Waals surface area contributed by atoms with Crippen LogP contribution in [0.1, 0.15) is 19.5 Å². The molecule has 0 aliphatic carbocycles. The van der Waals surface area contributed by atoms with Gasteiger partial charge in [-0.15, -0.1) is 11.3 Å². The summed E-state index contributed by atoms with van der Waals surface area (Å²) in [5.74, 6) is 1.78. The predicted octanol–water partition coefficient (Wildman–Crippen LogP) is 2.46. The van der Waals surface area contributed by atoms with Gasteiger partial charge in [0, 0.05) is 11.9 Å². The van der Waals surface area contributed by atoms with E-state index < -0.39 is 0 Å². The number of guanidine groups is 1. The van der Waals surface area contributed by atoms with Crippen LogP contribution in [0.2, 0.25) is 0 Å². The first-order chi connectivity index (χ1) is 9.15. The molecule has 0 unspecified atom stereocenters. The number of hydrogen-bond donors (Lipinski definition) is 2. The number of rotatable bonds is 5. The molecule has 102 valence electrons. The lowest BCUT2D eigenvalue weighted by atomic mass is 10.2. The van der Waals surface area contributed by atoms with E-state index in [2.05, 4.69) is 29.1 Å². The third-order valence-corrected chi connectivity index (χ3v) is 3.29. The molecule has 6 heteroatoms. The third kappa shape index (κ3) is 4.10. The summed E-state index contributed by atoms with van der Waals surface area (Å²) >= 11 is 1.54. The number of nitrogens with two attached hydrogens (primary N) is 1. The van der Waals surface area contributed by atoms with Crippen LogP contribution in [-0.4, -0.2) is 17.5 Å². The second kappa shape index (κ2) is 6.38. The topological polar surface area (TPSA) is 76.4 Å². The molecule has 2 aromatic rings. The summed E-state index contributed by atoms with van der Waals surface area (Å²) in [6.45, 7) is 5.55. The second-order valence-electron chi connectivity index (χ2n) is 4.60. The summed E-state index contributed by atoms with van der Waals surface area (Å²) in [7, 11) is 0. The van der Waals surface area contributed by atoms with E-state index in [9.17, 15) is 0 Å². The van der Waals surface area contributed by atoms with Crippen molar-refractivity contribution in [2.24, 2.45) is 16.6 Å². The van der Waals surface area contributed by atoms with Crippen molar-refractivity contribution in [1.82, 2.24) is 10.3 Å². The minimum Gasteiger partial charge on any atom is -0.462 e. The molecule has 0 aliphatic rings. The zero-order chi connectivity index (χ0) is 13.7. The van der Waals surface area contributed by atoms with Gasteiger partial charge in [0.15, 0.2) is 16.7 Å². The first-order valence-electron chi connectivity index (χ1n) is 6.17. The van der Waals surface area contributed by atoms with Crippen molar-refractivity contribution in [3.05, 3.63) is 29.5 Å². The Kier molecular flexibility index (Phi) is 4.57. The van der Waals surface area contributed by atoms with E-state index in [0.29, 0.717) is 18.4 Å². The minimum atomic E-state index is 0.459. The molecule has 0 aliphatic heterocycles. The van der Waals surface area contributed by atoms with E-state index in [0.717, 1.165) is 23.0 Å². The molecule has 0 amide bonds. The van der Waals surface area contributed by atoms with Crippen LogP contribution in [0.5, 0.6) is 0 Å². The molecule has 0 radical (unpaired) electrons. The Morgan fingerprint density at radius 2 is 2.42 bits per heavy atom. The molecule has 2 rings (SSSR count). The Balaban J connectivity index is 1.91. The number of aliphatic imine (C=N–C) groups is 1. The monoisotopic (exact) mass is 278 g/mol. The lowest BCUT2D eigenvalue weighted by Crippen LogP contribution is -2.34. The van der Waals surface area contributed by atoms with E-state index in [1.807, 2.05) is 17.5 Å². The van der Waals surface area contributed by atoms with E-state index >= 15 is 0 Å². The molecule has 2 aromatic heterocycles. The third-order valence-electron chi connectivity index (χ3n) is 2.39. The zero-order valence-corrected chi connectivity index (χ0v) is 11.9. The quantitative estimate of drug-likeness (QED) is 0.650. The maximum absolute atomic E-state index is 5.77. The molecule has 0 bridgehead atoms. The zero-order valence-electron chi connectivity index (χ0n) is 11.1. The minimum absolute atomic E-state index is 0.459. The molecular weight excluding hydrogens is 260 g/mol. The Hall–Kier alpha value is -1.82. The molecule has 0 aromatic carbocycles. The Labute approximate surface area is 116 Å². The van der Waals surface area contributed by atoms with Crippen molar-refractivity contribution < 1.29 is 4.42 Å². The predicted molar refractivity (Wildman–Crippen MR) is 78.0 cm³/mol. The van der Waals surface area contributed by atoms with Crippen LogP contribution in [0.25, 0.3) is 10.8 Å². The molecule has 5 nitrogen and oxygen atoms in total. The van der Waals surface area contributed by atoms with Crippen molar-refractivity contribution >= 4 is 17.3 Å². The van der Waals surface area contributed by atoms with Crippen molar-refractivity contribution in [2.75, 3.05) is 6.54 Å². The van der Waals surface area contributed by atoms with Gasteiger partial charge < -0.3 is 15.5 Å². The highest BCUT2D eigenvalue weighted by atomic mass is 32.1. The van der Waals surface area contributed by atoms with Crippen molar-refractivity contribution in [3.8, 4) is 10.8 Å². The highest BCUT2D eigenvalue weighted by molar-refractivity contribution is 7.13. The largest absolute Gasteiger partial charge is 0.462 e. The number of furan rings is 1. The van der Waals surface area contributed by atoms with E-state index in [-0.39, 0.29) is 0 Å². The summed E-state index contributed by atoms with van der Waals surface area (Å²) in [5.41, 5.74) is 6.66. The average Bonchev–Trinajstić information content (AvgIpc) is 3.03. The van der Waals surface area contributed by atoms with Crippen molar-refractivity contribution in [3.63, 3.8) is 0 Å². The summed E-state index contributed by atoms with van der Waals surface area (Å²) in [6.07, 6.45) is 1.64. The highest BCUT2D eigenvalue weighted by Crippen LogP contribution is 2.24. The van der Waals surface area contributed by atoms with E-state index in [4.69, 9.17) is 10.2 Å². The lowest BCUT2D eigenvalue weighted by molar-refractivity contribution is 0.581. The van der Waals surface area contributed by atoms with Gasteiger partial charge in [0.2, 0.25) is 0 Å². The Morgan fingerprint density at radius 3 is 3.11 bits per heavy atom. The number of nitrogens with zero attached hydrogens (tertiary/aromatic N) is 2. The first kappa shape index (κ1) is 13.6. The molecule has 19 heavy (non-hydrogen) atoms.